The average molecular weight is 532 g/mol. The predicted molar refractivity (Wildman–Crippen MR) is 152 cm³/mol. The first-order chi connectivity index (χ1) is 18.9. The third-order valence-corrected chi connectivity index (χ3v) is 6.94. The van der Waals surface area contributed by atoms with E-state index in [4.69, 9.17) is 9.47 Å². The Morgan fingerprint density at radius 3 is 2.33 bits per heavy atom. The summed E-state index contributed by atoms with van der Waals surface area (Å²) in [5.41, 5.74) is 3.81. The summed E-state index contributed by atoms with van der Waals surface area (Å²) in [6, 6.07) is 11.0. The summed E-state index contributed by atoms with van der Waals surface area (Å²) >= 11 is 0. The van der Waals surface area contributed by atoms with Crippen LogP contribution in [0.25, 0.3) is 0 Å². The molecule has 39 heavy (non-hydrogen) atoms. The van der Waals surface area contributed by atoms with Crippen LogP contribution in [0.1, 0.15) is 31.7 Å². The number of hydrogen-bond donors (Lipinski definition) is 2. The number of amides is 3. The van der Waals surface area contributed by atoms with E-state index in [1.807, 2.05) is 18.2 Å². The molecule has 0 radical (unpaired) electrons. The van der Waals surface area contributed by atoms with Crippen molar-refractivity contribution in [3.05, 3.63) is 48.2 Å². The first-order valence-electron chi connectivity index (χ1n) is 12.9. The molecule has 0 spiro atoms. The lowest BCUT2D eigenvalue weighted by atomic mass is 10.1. The van der Waals surface area contributed by atoms with E-state index in [0.717, 1.165) is 37.2 Å². The number of carbonyl (C=O) groups is 2. The fourth-order valence-electron chi connectivity index (χ4n) is 4.92. The minimum absolute atomic E-state index is 0.167. The van der Waals surface area contributed by atoms with Crippen LogP contribution in [-0.4, -0.2) is 56.3 Å². The molecule has 1 fully saturated rings. The monoisotopic (exact) mass is 531 g/mol. The third-order valence-electron chi connectivity index (χ3n) is 6.94. The first-order valence-corrected chi connectivity index (χ1v) is 12.9. The highest BCUT2D eigenvalue weighted by atomic mass is 16.5. The fraction of sp³-hybridized carbons (Fsp3) is 0.357. The van der Waals surface area contributed by atoms with E-state index in [2.05, 4.69) is 25.5 Å². The third kappa shape index (κ3) is 5.52. The molecule has 11 nitrogen and oxygen atoms in total. The molecule has 2 aliphatic heterocycles. The Hall–Kier alpha value is -4.54. The summed E-state index contributed by atoms with van der Waals surface area (Å²) in [5.74, 6) is 1.84. The standard InChI is InChI=1S/C28H33N7O4/c1-18(36)30-25-14-20(34-10-6-5-7-11-34)8-9-24(25)31-27-29-16-19-17-35(28(37)33(2)26(19)32-27)21-12-22(38-3)15-23(13-21)39-4/h8-9,12-16H,5-7,10-11,17H2,1-4H3,(H,30,36)(H,29,31,32). The van der Waals surface area contributed by atoms with Crippen LogP contribution in [0.15, 0.2) is 42.6 Å². The second-order valence-corrected chi connectivity index (χ2v) is 9.62. The van der Waals surface area contributed by atoms with Crippen LogP contribution >= 0.6 is 0 Å². The smallest absolute Gasteiger partial charge is 0.330 e. The zero-order valence-corrected chi connectivity index (χ0v) is 22.7. The van der Waals surface area contributed by atoms with Crippen molar-refractivity contribution < 1.29 is 19.1 Å². The van der Waals surface area contributed by atoms with Gasteiger partial charge < -0.3 is 25.0 Å². The van der Waals surface area contributed by atoms with E-state index < -0.39 is 0 Å². The van der Waals surface area contributed by atoms with Crippen molar-refractivity contribution in [1.29, 1.82) is 0 Å². The fourth-order valence-corrected chi connectivity index (χ4v) is 4.92. The first kappa shape index (κ1) is 26.1. The molecule has 1 aromatic heterocycles. The second-order valence-electron chi connectivity index (χ2n) is 9.62. The van der Waals surface area contributed by atoms with E-state index in [1.165, 1.54) is 18.2 Å². The number of benzene rings is 2. The molecule has 3 amide bonds. The highest BCUT2D eigenvalue weighted by molar-refractivity contribution is 6.05. The Morgan fingerprint density at radius 2 is 1.67 bits per heavy atom. The molecule has 0 saturated carbocycles. The number of urea groups is 1. The van der Waals surface area contributed by atoms with Gasteiger partial charge in [-0.05, 0) is 37.5 Å². The van der Waals surface area contributed by atoms with Crippen molar-refractivity contribution in [2.24, 2.45) is 0 Å². The minimum Gasteiger partial charge on any atom is -0.497 e. The van der Waals surface area contributed by atoms with Crippen molar-refractivity contribution in [3.8, 4) is 11.5 Å². The van der Waals surface area contributed by atoms with Crippen molar-refractivity contribution in [1.82, 2.24) is 9.97 Å². The van der Waals surface area contributed by atoms with Gasteiger partial charge in [-0.1, -0.05) is 0 Å². The van der Waals surface area contributed by atoms with Crippen LogP contribution in [0.4, 0.5) is 39.3 Å². The maximum absolute atomic E-state index is 13.4. The van der Waals surface area contributed by atoms with Gasteiger partial charge in [0.2, 0.25) is 11.9 Å². The zero-order chi connectivity index (χ0) is 27.5. The number of piperidine rings is 1. The summed E-state index contributed by atoms with van der Waals surface area (Å²) in [4.78, 5) is 39.9. The van der Waals surface area contributed by atoms with E-state index in [1.54, 1.807) is 50.6 Å². The van der Waals surface area contributed by atoms with Gasteiger partial charge >= 0.3 is 6.03 Å². The van der Waals surface area contributed by atoms with E-state index in [0.29, 0.717) is 40.3 Å². The Labute approximate surface area is 227 Å². The number of fused-ring (bicyclic) bond motifs is 1. The molecule has 1 saturated heterocycles. The second kappa shape index (κ2) is 11.1. The van der Waals surface area contributed by atoms with Gasteiger partial charge in [0.05, 0.1) is 37.8 Å². The van der Waals surface area contributed by atoms with Crippen LogP contribution in [0.3, 0.4) is 0 Å². The number of aromatic nitrogens is 2. The van der Waals surface area contributed by atoms with Gasteiger partial charge in [0.25, 0.3) is 0 Å². The molecular weight excluding hydrogens is 498 g/mol. The number of rotatable bonds is 7. The topological polar surface area (TPSA) is 112 Å². The summed E-state index contributed by atoms with van der Waals surface area (Å²) < 4.78 is 10.7. The van der Waals surface area contributed by atoms with E-state index >= 15 is 0 Å². The van der Waals surface area contributed by atoms with Crippen LogP contribution in [-0.2, 0) is 11.3 Å². The zero-order valence-electron chi connectivity index (χ0n) is 22.7. The average Bonchev–Trinajstić information content (AvgIpc) is 2.96. The van der Waals surface area contributed by atoms with E-state index in [9.17, 15) is 9.59 Å². The van der Waals surface area contributed by atoms with Crippen LogP contribution < -0.4 is 34.8 Å². The SMILES string of the molecule is COc1cc(OC)cc(N2Cc3cnc(Nc4ccc(N5CCCCC5)cc4NC(C)=O)nc3N(C)C2=O)c1. The molecule has 3 heterocycles. The molecular formula is C28H33N7O4. The predicted octanol–water partition coefficient (Wildman–Crippen LogP) is 4.76. The van der Waals surface area contributed by atoms with Gasteiger partial charge in [-0.3, -0.25) is 14.6 Å². The number of hydrogen-bond acceptors (Lipinski definition) is 8. The van der Waals surface area contributed by atoms with Gasteiger partial charge in [0, 0.05) is 62.7 Å². The number of carbonyl (C=O) groups excluding carboxylic acids is 2. The molecule has 2 N–H and O–H groups in total. The van der Waals surface area contributed by atoms with E-state index in [-0.39, 0.29) is 18.5 Å². The molecule has 0 bridgehead atoms. The van der Waals surface area contributed by atoms with Crippen molar-refractivity contribution in [2.75, 3.05) is 59.7 Å². The normalized spacial score (nSPS) is 15.1. The lowest BCUT2D eigenvalue weighted by Gasteiger charge is -2.34. The summed E-state index contributed by atoms with van der Waals surface area (Å²) in [6.07, 6.45) is 5.27. The molecule has 204 valence electrons. The number of methoxy groups -OCH3 is 2. The van der Waals surface area contributed by atoms with Gasteiger partial charge in [0.1, 0.15) is 17.3 Å². The molecule has 0 aliphatic carbocycles. The lowest BCUT2D eigenvalue weighted by molar-refractivity contribution is -0.114. The highest BCUT2D eigenvalue weighted by Crippen LogP contribution is 2.35. The van der Waals surface area contributed by atoms with Gasteiger partial charge in [0.15, 0.2) is 0 Å². The van der Waals surface area contributed by atoms with Crippen LogP contribution in [0, 0.1) is 0 Å². The summed E-state index contributed by atoms with van der Waals surface area (Å²) in [5, 5.41) is 6.15. The van der Waals surface area contributed by atoms with Gasteiger partial charge in [-0.2, -0.15) is 4.98 Å². The largest absolute Gasteiger partial charge is 0.497 e. The maximum Gasteiger partial charge on any atom is 0.330 e. The highest BCUT2D eigenvalue weighted by Gasteiger charge is 2.31. The number of nitrogens with one attached hydrogen (secondary N) is 2. The van der Waals surface area contributed by atoms with Crippen molar-refractivity contribution in [3.63, 3.8) is 0 Å². The number of nitrogens with zero attached hydrogens (tertiary/aromatic N) is 5. The molecule has 11 heteroatoms. The quantitative estimate of drug-likeness (QED) is 0.449. The molecule has 0 atom stereocenters. The van der Waals surface area contributed by atoms with Crippen LogP contribution in [0.2, 0.25) is 0 Å². The minimum atomic E-state index is -0.243. The Balaban J connectivity index is 1.41. The van der Waals surface area contributed by atoms with Crippen LogP contribution in [0.5, 0.6) is 11.5 Å². The van der Waals surface area contributed by atoms with Crippen molar-refractivity contribution in [2.45, 2.75) is 32.7 Å². The summed E-state index contributed by atoms with van der Waals surface area (Å²) in [6.45, 7) is 3.77. The Bertz CT molecular complexity index is 1370. The Kier molecular flexibility index (Phi) is 7.40. The van der Waals surface area contributed by atoms with Gasteiger partial charge in [-0.25, -0.2) is 9.78 Å². The maximum atomic E-state index is 13.4. The van der Waals surface area contributed by atoms with Crippen molar-refractivity contribution >= 4 is 46.5 Å². The number of ether oxygens (including phenoxy) is 2. The molecule has 2 aromatic carbocycles. The Morgan fingerprint density at radius 1 is 0.949 bits per heavy atom. The molecule has 2 aliphatic rings. The molecule has 5 rings (SSSR count). The van der Waals surface area contributed by atoms with Gasteiger partial charge in [-0.15, -0.1) is 0 Å². The number of anilines is 6. The lowest BCUT2D eigenvalue weighted by Crippen LogP contribution is -2.46. The summed E-state index contributed by atoms with van der Waals surface area (Å²) in [7, 11) is 4.82. The molecule has 0 unspecified atom stereocenters. The molecule has 3 aromatic rings.